The highest BCUT2D eigenvalue weighted by Crippen LogP contribution is 2.19. The van der Waals surface area contributed by atoms with Crippen LogP contribution in [0.4, 0.5) is 16.2 Å². The Kier molecular flexibility index (Phi) is 4.57. The van der Waals surface area contributed by atoms with E-state index in [0.29, 0.717) is 11.6 Å². The molecule has 1 atom stereocenters. The first-order valence-corrected chi connectivity index (χ1v) is 6.70. The molecule has 108 valence electrons. The Morgan fingerprint density at radius 1 is 1.15 bits per heavy atom. The number of hydrogen-bond acceptors (Lipinski definition) is 3. The first-order valence-electron chi connectivity index (χ1n) is 6.70. The first-order chi connectivity index (χ1) is 9.60. The Morgan fingerprint density at radius 2 is 1.70 bits per heavy atom. The van der Waals surface area contributed by atoms with Gasteiger partial charge in [-0.15, -0.1) is 0 Å². The number of anilines is 2. The molecular weight excluding hydrogens is 256 g/mol. The average molecular weight is 276 g/mol. The molecule has 0 bridgehead atoms. The maximum atomic E-state index is 12.0. The number of hydrogen-bond donors (Lipinski definition) is 4. The highest BCUT2D eigenvalue weighted by molar-refractivity contribution is 5.93. The van der Waals surface area contributed by atoms with Gasteiger partial charge in [0.1, 0.15) is 0 Å². The van der Waals surface area contributed by atoms with Crippen molar-refractivity contribution >= 4 is 23.3 Å². The molecule has 6 heteroatoms. The maximum Gasteiger partial charge on any atom is 0.318 e. The zero-order chi connectivity index (χ0) is 14.5. The lowest BCUT2D eigenvalue weighted by molar-refractivity contribution is -0.121. The minimum Gasteiger partial charge on any atom is -0.341 e. The second-order valence-corrected chi connectivity index (χ2v) is 4.98. The van der Waals surface area contributed by atoms with Gasteiger partial charge in [0.25, 0.3) is 0 Å². The van der Waals surface area contributed by atoms with Crippen LogP contribution in [0.25, 0.3) is 0 Å². The zero-order valence-corrected chi connectivity index (χ0v) is 11.7. The number of benzene rings is 1. The van der Waals surface area contributed by atoms with Crippen LogP contribution in [0, 0.1) is 11.8 Å². The van der Waals surface area contributed by atoms with Crippen LogP contribution in [0.15, 0.2) is 24.3 Å². The smallest absolute Gasteiger partial charge is 0.318 e. The summed E-state index contributed by atoms with van der Waals surface area (Å²) in [5.74, 6) is 0.452. The molecule has 20 heavy (non-hydrogen) atoms. The Bertz CT molecular complexity index is 482. The molecule has 6 nitrogen and oxygen atoms in total. The molecule has 1 fully saturated rings. The average Bonchev–Trinajstić information content (AvgIpc) is 2.38. The van der Waals surface area contributed by atoms with Gasteiger partial charge in [0, 0.05) is 24.3 Å². The molecule has 0 radical (unpaired) electrons. The summed E-state index contributed by atoms with van der Waals surface area (Å²) in [5, 5.41) is 11.2. The monoisotopic (exact) mass is 276 g/mol. The lowest BCUT2D eigenvalue weighted by atomic mass is 9.88. The predicted octanol–water partition coefficient (Wildman–Crippen LogP) is 1.23. The highest BCUT2D eigenvalue weighted by Gasteiger charge is 2.28. The van der Waals surface area contributed by atoms with E-state index < -0.39 is 0 Å². The topological polar surface area (TPSA) is 82.3 Å². The fraction of sp³-hybridized carbons (Fsp3) is 0.429. The second kappa shape index (κ2) is 6.38. The van der Waals surface area contributed by atoms with Crippen LogP contribution in [-0.2, 0) is 4.79 Å². The summed E-state index contributed by atoms with van der Waals surface area (Å²) >= 11 is 0. The number of amides is 3. The van der Waals surface area contributed by atoms with Gasteiger partial charge in [0.15, 0.2) is 0 Å². The fourth-order valence-corrected chi connectivity index (χ4v) is 1.97. The highest BCUT2D eigenvalue weighted by atomic mass is 16.2. The second-order valence-electron chi connectivity index (χ2n) is 4.98. The van der Waals surface area contributed by atoms with Crippen molar-refractivity contribution in [1.29, 1.82) is 0 Å². The van der Waals surface area contributed by atoms with Crippen molar-refractivity contribution in [3.8, 4) is 0 Å². The third-order valence-electron chi connectivity index (χ3n) is 3.57. The van der Waals surface area contributed by atoms with E-state index in [4.69, 9.17) is 0 Å². The van der Waals surface area contributed by atoms with E-state index in [1.165, 1.54) is 0 Å². The summed E-state index contributed by atoms with van der Waals surface area (Å²) in [4.78, 5) is 23.2. The number of rotatable bonds is 4. The van der Waals surface area contributed by atoms with Gasteiger partial charge in [-0.1, -0.05) is 6.92 Å². The molecule has 0 aromatic heterocycles. The van der Waals surface area contributed by atoms with Crippen molar-refractivity contribution in [2.75, 3.05) is 30.8 Å². The largest absolute Gasteiger partial charge is 0.341 e. The van der Waals surface area contributed by atoms with E-state index in [9.17, 15) is 9.59 Å². The summed E-state index contributed by atoms with van der Waals surface area (Å²) in [6.07, 6.45) is 0. The normalized spacial score (nSPS) is 15.9. The third-order valence-corrected chi connectivity index (χ3v) is 3.57. The van der Waals surface area contributed by atoms with Gasteiger partial charge < -0.3 is 21.3 Å². The van der Waals surface area contributed by atoms with Crippen LogP contribution in [0.2, 0.25) is 0 Å². The Hall–Kier alpha value is -2.08. The summed E-state index contributed by atoms with van der Waals surface area (Å²) in [7, 11) is 1.56. The molecule has 1 aromatic carbocycles. The molecule has 3 amide bonds. The molecule has 0 aliphatic carbocycles. The van der Waals surface area contributed by atoms with Gasteiger partial charge in [-0.2, -0.15) is 0 Å². The zero-order valence-electron chi connectivity index (χ0n) is 11.7. The summed E-state index contributed by atoms with van der Waals surface area (Å²) in [6.45, 7) is 3.76. The van der Waals surface area contributed by atoms with E-state index in [2.05, 4.69) is 21.3 Å². The molecular formula is C14H20N4O2. The van der Waals surface area contributed by atoms with Gasteiger partial charge in [-0.05, 0) is 43.3 Å². The lowest BCUT2D eigenvalue weighted by Gasteiger charge is -2.31. The maximum absolute atomic E-state index is 12.0. The van der Waals surface area contributed by atoms with Crippen LogP contribution >= 0.6 is 0 Å². The van der Waals surface area contributed by atoms with Gasteiger partial charge >= 0.3 is 6.03 Å². The van der Waals surface area contributed by atoms with Crippen molar-refractivity contribution in [2.24, 2.45) is 11.8 Å². The molecule has 0 spiro atoms. The van der Waals surface area contributed by atoms with Crippen LogP contribution in [0.1, 0.15) is 6.92 Å². The standard InChI is InChI=1S/C14H20N4O2/c1-9(10-7-16-8-10)13(19)17-11-3-5-12(6-4-11)18-14(20)15-2/h3-6,9-10,16H,7-8H2,1-2H3,(H,17,19)(H2,15,18,20). The fourth-order valence-electron chi connectivity index (χ4n) is 1.97. The molecule has 1 aliphatic rings. The number of urea groups is 1. The SMILES string of the molecule is CNC(=O)Nc1ccc(NC(=O)C(C)C2CNC2)cc1. The quantitative estimate of drug-likeness (QED) is 0.667. The number of carbonyl (C=O) groups excluding carboxylic acids is 2. The van der Waals surface area contributed by atoms with E-state index in [0.717, 1.165) is 18.8 Å². The van der Waals surface area contributed by atoms with Crippen LogP contribution in [0.3, 0.4) is 0 Å². The van der Waals surface area contributed by atoms with E-state index in [1.54, 1.807) is 31.3 Å². The molecule has 2 rings (SSSR count). The van der Waals surface area contributed by atoms with Gasteiger partial charge in [0.05, 0.1) is 0 Å². The van der Waals surface area contributed by atoms with Gasteiger partial charge in [-0.25, -0.2) is 4.79 Å². The minimum absolute atomic E-state index is 0.0000734. The lowest BCUT2D eigenvalue weighted by Crippen LogP contribution is -2.48. The Labute approximate surface area is 118 Å². The van der Waals surface area contributed by atoms with Crippen LogP contribution in [-0.4, -0.2) is 32.1 Å². The summed E-state index contributed by atoms with van der Waals surface area (Å²) in [6, 6.07) is 6.78. The van der Waals surface area contributed by atoms with E-state index >= 15 is 0 Å². The Morgan fingerprint density at radius 3 is 2.15 bits per heavy atom. The van der Waals surface area contributed by atoms with Crippen LogP contribution < -0.4 is 21.3 Å². The molecule has 1 aliphatic heterocycles. The molecule has 1 aromatic rings. The van der Waals surface area contributed by atoms with Crippen molar-refractivity contribution < 1.29 is 9.59 Å². The molecule has 4 N–H and O–H groups in total. The Balaban J connectivity index is 1.89. The minimum atomic E-state index is -0.270. The predicted molar refractivity (Wildman–Crippen MR) is 78.7 cm³/mol. The molecule has 1 saturated heterocycles. The van der Waals surface area contributed by atoms with Crippen molar-refractivity contribution in [2.45, 2.75) is 6.92 Å². The molecule has 1 heterocycles. The number of nitrogens with one attached hydrogen (secondary N) is 4. The first kappa shape index (κ1) is 14.3. The van der Waals surface area contributed by atoms with Crippen molar-refractivity contribution in [3.05, 3.63) is 24.3 Å². The van der Waals surface area contributed by atoms with Gasteiger partial charge in [0.2, 0.25) is 5.91 Å². The van der Waals surface area contributed by atoms with Crippen molar-refractivity contribution in [3.63, 3.8) is 0 Å². The van der Waals surface area contributed by atoms with E-state index in [-0.39, 0.29) is 17.9 Å². The third kappa shape index (κ3) is 3.48. The van der Waals surface area contributed by atoms with E-state index in [1.807, 2.05) is 6.92 Å². The molecule has 0 saturated carbocycles. The van der Waals surface area contributed by atoms with Gasteiger partial charge in [-0.3, -0.25) is 4.79 Å². The number of carbonyl (C=O) groups is 2. The summed E-state index contributed by atoms with van der Waals surface area (Å²) < 4.78 is 0. The molecule has 1 unspecified atom stereocenters. The summed E-state index contributed by atoms with van der Waals surface area (Å²) in [5.41, 5.74) is 1.41. The van der Waals surface area contributed by atoms with Crippen molar-refractivity contribution in [1.82, 2.24) is 10.6 Å². The van der Waals surface area contributed by atoms with Crippen LogP contribution in [0.5, 0.6) is 0 Å².